The van der Waals surface area contributed by atoms with Gasteiger partial charge in [-0.05, 0) is 53.9 Å². The molecule has 4 rings (SSSR count). The summed E-state index contributed by atoms with van der Waals surface area (Å²) < 4.78 is 40.5. The minimum absolute atomic E-state index is 0.0824. The molecule has 4 aromatic rings. The van der Waals surface area contributed by atoms with Crippen LogP contribution in [0.25, 0.3) is 22.3 Å². The summed E-state index contributed by atoms with van der Waals surface area (Å²) in [5.74, 6) is -0.232. The molecule has 0 saturated heterocycles. The summed E-state index contributed by atoms with van der Waals surface area (Å²) >= 11 is 6.09. The second-order valence-corrected chi connectivity index (χ2v) is 9.16. The Hall–Kier alpha value is -4.69. The molecule has 40 heavy (non-hydrogen) atoms. The van der Waals surface area contributed by atoms with Gasteiger partial charge in [-0.1, -0.05) is 48.9 Å². The molecule has 0 radical (unpaired) electrons. The van der Waals surface area contributed by atoms with Crippen molar-refractivity contribution in [1.82, 2.24) is 20.2 Å². The van der Waals surface area contributed by atoms with Crippen molar-refractivity contribution in [3.8, 4) is 28.3 Å². The average molecular weight is 567 g/mol. The van der Waals surface area contributed by atoms with Crippen molar-refractivity contribution in [3.05, 3.63) is 98.6 Å². The second-order valence-electron chi connectivity index (χ2n) is 8.72. The van der Waals surface area contributed by atoms with E-state index in [0.717, 1.165) is 10.7 Å². The number of nitriles is 1. The van der Waals surface area contributed by atoms with E-state index in [1.54, 1.807) is 55.5 Å². The molecule has 1 amide bonds. The third-order valence-corrected chi connectivity index (χ3v) is 6.29. The van der Waals surface area contributed by atoms with E-state index in [2.05, 4.69) is 20.9 Å². The molecule has 8 nitrogen and oxygen atoms in total. The third-order valence-electron chi connectivity index (χ3n) is 6.04. The van der Waals surface area contributed by atoms with E-state index in [9.17, 15) is 28.0 Å². The standard InChI is InChI=1S/C28H22ClF3N6O2/c1-3-23(39)35-36-26-24(18-8-11-21(29)12-9-18)25(19-6-4-17(14-33)5-7-19)27(40)38(37-26)15-20-10-13-22(28(30,31)32)34-16(20)2/h4-13H,3,15H2,1-2H3,(H,35,39)(H,36,37). The molecule has 0 unspecified atom stereocenters. The zero-order valence-electron chi connectivity index (χ0n) is 21.3. The van der Waals surface area contributed by atoms with E-state index < -0.39 is 17.4 Å². The van der Waals surface area contributed by atoms with Crippen LogP contribution in [0.15, 0.2) is 65.5 Å². The molecule has 204 valence electrons. The fourth-order valence-electron chi connectivity index (χ4n) is 3.94. The number of anilines is 1. The van der Waals surface area contributed by atoms with Gasteiger partial charge in [0.05, 0.1) is 23.7 Å². The number of hydrogen-bond donors (Lipinski definition) is 2. The molecule has 0 spiro atoms. The molecular weight excluding hydrogens is 545 g/mol. The van der Waals surface area contributed by atoms with Crippen molar-refractivity contribution in [2.75, 3.05) is 5.43 Å². The number of carbonyl (C=O) groups is 1. The first-order chi connectivity index (χ1) is 19.0. The first-order valence-corrected chi connectivity index (χ1v) is 12.4. The number of carbonyl (C=O) groups excluding carboxylic acids is 1. The monoisotopic (exact) mass is 566 g/mol. The Kier molecular flexibility index (Phi) is 8.21. The lowest BCUT2D eigenvalue weighted by Crippen LogP contribution is -2.33. The maximum Gasteiger partial charge on any atom is 0.433 e. The Morgan fingerprint density at radius 1 is 1.02 bits per heavy atom. The number of alkyl halides is 3. The fourth-order valence-corrected chi connectivity index (χ4v) is 4.06. The highest BCUT2D eigenvalue weighted by Crippen LogP contribution is 2.35. The molecule has 0 fully saturated rings. The van der Waals surface area contributed by atoms with Crippen LogP contribution in [-0.2, 0) is 17.5 Å². The Labute approximate surface area is 232 Å². The topological polar surface area (TPSA) is 113 Å². The molecule has 12 heteroatoms. The van der Waals surface area contributed by atoms with Crippen molar-refractivity contribution in [2.45, 2.75) is 33.0 Å². The van der Waals surface area contributed by atoms with Crippen LogP contribution >= 0.6 is 11.6 Å². The molecule has 0 saturated carbocycles. The van der Waals surface area contributed by atoms with Crippen LogP contribution in [0.1, 0.15) is 35.9 Å². The third kappa shape index (κ3) is 6.13. The Balaban J connectivity index is 1.96. The minimum Gasteiger partial charge on any atom is -0.280 e. The second kappa shape index (κ2) is 11.6. The number of aryl methyl sites for hydroxylation is 1. The number of hydrogen-bond acceptors (Lipinski definition) is 6. The molecule has 2 N–H and O–H groups in total. The first kappa shape index (κ1) is 28.3. The number of nitrogens with one attached hydrogen (secondary N) is 2. The van der Waals surface area contributed by atoms with E-state index in [1.807, 2.05) is 6.07 Å². The molecule has 0 bridgehead atoms. The number of benzene rings is 2. The fraction of sp³-hybridized carbons (Fsp3) is 0.179. The number of halogens is 4. The van der Waals surface area contributed by atoms with Crippen molar-refractivity contribution >= 4 is 23.3 Å². The normalized spacial score (nSPS) is 11.1. The highest BCUT2D eigenvalue weighted by molar-refractivity contribution is 6.30. The lowest BCUT2D eigenvalue weighted by molar-refractivity contribution is -0.141. The summed E-state index contributed by atoms with van der Waals surface area (Å²) in [6, 6.07) is 17.1. The summed E-state index contributed by atoms with van der Waals surface area (Å²) in [7, 11) is 0. The molecule has 2 aromatic carbocycles. The number of hydrazine groups is 1. The molecule has 2 aromatic heterocycles. The van der Waals surface area contributed by atoms with E-state index in [1.165, 1.54) is 13.0 Å². The molecular formula is C28H22ClF3N6O2. The van der Waals surface area contributed by atoms with Crippen molar-refractivity contribution in [3.63, 3.8) is 0 Å². The Morgan fingerprint density at radius 3 is 2.23 bits per heavy atom. The molecule has 0 atom stereocenters. The van der Waals surface area contributed by atoms with Crippen molar-refractivity contribution in [2.24, 2.45) is 0 Å². The van der Waals surface area contributed by atoms with Crippen LogP contribution in [0.3, 0.4) is 0 Å². The molecule has 0 aliphatic rings. The van der Waals surface area contributed by atoms with E-state index >= 15 is 0 Å². The summed E-state index contributed by atoms with van der Waals surface area (Å²) in [6.07, 6.45) is -4.45. The van der Waals surface area contributed by atoms with Crippen LogP contribution in [0.5, 0.6) is 0 Å². The van der Waals surface area contributed by atoms with Gasteiger partial charge in [-0.25, -0.2) is 9.67 Å². The summed E-state index contributed by atoms with van der Waals surface area (Å²) in [6.45, 7) is 2.88. The predicted octanol–water partition coefficient (Wildman–Crippen LogP) is 5.73. The van der Waals surface area contributed by atoms with Gasteiger partial charge in [0, 0.05) is 22.7 Å². The van der Waals surface area contributed by atoms with Crippen LogP contribution in [0.2, 0.25) is 5.02 Å². The van der Waals surface area contributed by atoms with Crippen LogP contribution < -0.4 is 16.4 Å². The van der Waals surface area contributed by atoms with Gasteiger partial charge < -0.3 is 0 Å². The van der Waals surface area contributed by atoms with Gasteiger partial charge in [0.25, 0.3) is 5.56 Å². The van der Waals surface area contributed by atoms with Crippen LogP contribution in [0, 0.1) is 18.3 Å². The zero-order valence-corrected chi connectivity index (χ0v) is 22.1. The first-order valence-electron chi connectivity index (χ1n) is 12.0. The number of rotatable bonds is 7. The average Bonchev–Trinajstić information content (AvgIpc) is 2.93. The van der Waals surface area contributed by atoms with Crippen LogP contribution in [0.4, 0.5) is 19.0 Å². The summed E-state index contributed by atoms with van der Waals surface area (Å²) in [5.41, 5.74) is 6.08. The Morgan fingerprint density at radius 2 is 1.65 bits per heavy atom. The molecule has 0 aliphatic heterocycles. The van der Waals surface area contributed by atoms with Gasteiger partial charge in [-0.2, -0.15) is 18.4 Å². The predicted molar refractivity (Wildman–Crippen MR) is 144 cm³/mol. The van der Waals surface area contributed by atoms with Gasteiger partial charge >= 0.3 is 6.18 Å². The minimum atomic E-state index is -4.62. The maximum atomic E-state index is 14.0. The quantitative estimate of drug-likeness (QED) is 0.276. The highest BCUT2D eigenvalue weighted by atomic mass is 35.5. The maximum absolute atomic E-state index is 14.0. The number of nitrogens with zero attached hydrogens (tertiary/aromatic N) is 4. The van der Waals surface area contributed by atoms with Crippen LogP contribution in [-0.4, -0.2) is 20.7 Å². The van der Waals surface area contributed by atoms with E-state index in [0.29, 0.717) is 32.8 Å². The van der Waals surface area contributed by atoms with E-state index in [4.69, 9.17) is 11.6 Å². The summed E-state index contributed by atoms with van der Waals surface area (Å²) in [5, 5.41) is 14.2. The van der Waals surface area contributed by atoms with Gasteiger partial charge in [-0.3, -0.25) is 20.4 Å². The van der Waals surface area contributed by atoms with Crippen molar-refractivity contribution in [1.29, 1.82) is 5.26 Å². The lowest BCUT2D eigenvalue weighted by Gasteiger charge is -2.19. The Bertz CT molecular complexity index is 1660. The SMILES string of the molecule is CCC(=O)NNc1nn(Cc2ccc(C(F)(F)F)nc2C)c(=O)c(-c2ccc(C#N)cc2)c1-c1ccc(Cl)cc1. The number of aromatic nitrogens is 3. The van der Waals surface area contributed by atoms with Gasteiger partial charge in [0.2, 0.25) is 5.91 Å². The van der Waals surface area contributed by atoms with E-state index in [-0.39, 0.29) is 35.9 Å². The molecule has 0 aliphatic carbocycles. The largest absolute Gasteiger partial charge is 0.433 e. The zero-order chi connectivity index (χ0) is 29.0. The summed E-state index contributed by atoms with van der Waals surface area (Å²) in [4.78, 5) is 29.7. The number of pyridine rings is 1. The highest BCUT2D eigenvalue weighted by Gasteiger charge is 2.32. The van der Waals surface area contributed by atoms with Gasteiger partial charge in [0.1, 0.15) is 5.69 Å². The lowest BCUT2D eigenvalue weighted by atomic mass is 9.95. The smallest absolute Gasteiger partial charge is 0.280 e. The van der Waals surface area contributed by atoms with Gasteiger partial charge in [-0.15, -0.1) is 5.10 Å². The number of amides is 1. The van der Waals surface area contributed by atoms with Crippen molar-refractivity contribution < 1.29 is 18.0 Å². The van der Waals surface area contributed by atoms with Gasteiger partial charge in [0.15, 0.2) is 5.82 Å². The molecule has 2 heterocycles.